The van der Waals surface area contributed by atoms with E-state index in [2.05, 4.69) is 191 Å². The van der Waals surface area contributed by atoms with Crippen LogP contribution < -0.4 is 0 Å². The number of rotatable bonds is 3. The van der Waals surface area contributed by atoms with Gasteiger partial charge in [-0.1, -0.05) is 133 Å². The van der Waals surface area contributed by atoms with E-state index in [1.165, 1.54) is 82.2 Å². The van der Waals surface area contributed by atoms with E-state index in [0.29, 0.717) is 0 Å². The van der Waals surface area contributed by atoms with Crippen LogP contribution in [0.15, 0.2) is 186 Å². The fourth-order valence-corrected chi connectivity index (χ4v) is 9.73. The van der Waals surface area contributed by atoms with Crippen LogP contribution in [0.5, 0.6) is 0 Å². The highest BCUT2D eigenvalue weighted by Crippen LogP contribution is 2.50. The van der Waals surface area contributed by atoms with Crippen LogP contribution in [-0.4, -0.2) is 9.13 Å². The first-order chi connectivity index (χ1) is 27.3. The van der Waals surface area contributed by atoms with E-state index in [-0.39, 0.29) is 0 Å². The van der Waals surface area contributed by atoms with Crippen molar-refractivity contribution in [3.05, 3.63) is 182 Å². The SMILES string of the molecule is c1ccc(-c2ccc(-n3c4c(ccc5oc6ccccc6c54)c4ccc5c6ccccc6n(-c6cc7c8c(cccc8c6)-c6ccccc6-7)c5c43)cc2)cc1. The molecule has 0 bridgehead atoms. The van der Waals surface area contributed by atoms with Gasteiger partial charge in [-0.05, 0) is 92.7 Å². The second-order valence-corrected chi connectivity index (χ2v) is 14.8. The monoisotopic (exact) mass is 698 g/mol. The van der Waals surface area contributed by atoms with E-state index in [1.807, 2.05) is 0 Å². The molecule has 3 aromatic heterocycles. The summed E-state index contributed by atoms with van der Waals surface area (Å²) in [6.45, 7) is 0. The molecule has 0 fully saturated rings. The molecule has 0 N–H and O–H groups in total. The van der Waals surface area contributed by atoms with Crippen molar-refractivity contribution in [1.82, 2.24) is 9.13 Å². The van der Waals surface area contributed by atoms with Gasteiger partial charge >= 0.3 is 0 Å². The molecule has 1 aliphatic carbocycles. The second kappa shape index (κ2) is 10.6. The summed E-state index contributed by atoms with van der Waals surface area (Å²) in [6.07, 6.45) is 0. The molecule has 0 atom stereocenters. The zero-order chi connectivity index (χ0) is 35.8. The average Bonchev–Trinajstić information content (AvgIpc) is 3.98. The summed E-state index contributed by atoms with van der Waals surface area (Å²) in [4.78, 5) is 0. The Hall–Kier alpha value is -7.36. The van der Waals surface area contributed by atoms with Gasteiger partial charge in [0.2, 0.25) is 0 Å². The molecule has 0 saturated carbocycles. The van der Waals surface area contributed by atoms with Crippen LogP contribution in [0.4, 0.5) is 0 Å². The van der Waals surface area contributed by atoms with Crippen molar-refractivity contribution < 1.29 is 4.42 Å². The number of aromatic nitrogens is 2. The molecule has 0 unspecified atom stereocenters. The minimum Gasteiger partial charge on any atom is -0.456 e. The third kappa shape index (κ3) is 3.84. The molecular formula is C52H30N2O. The van der Waals surface area contributed by atoms with Gasteiger partial charge in [0.15, 0.2) is 0 Å². The van der Waals surface area contributed by atoms with Gasteiger partial charge in [-0.25, -0.2) is 0 Å². The quantitative estimate of drug-likeness (QED) is 0.180. The summed E-state index contributed by atoms with van der Waals surface area (Å²) in [6, 6.07) is 66.5. The highest BCUT2D eigenvalue weighted by molar-refractivity contribution is 6.29. The zero-order valence-corrected chi connectivity index (χ0v) is 29.6. The number of fused-ring (bicyclic) bond motifs is 14. The maximum absolute atomic E-state index is 6.53. The second-order valence-electron chi connectivity index (χ2n) is 14.8. The number of hydrogen-bond acceptors (Lipinski definition) is 1. The molecule has 55 heavy (non-hydrogen) atoms. The molecule has 3 heterocycles. The minimum atomic E-state index is 0.891. The smallest absolute Gasteiger partial charge is 0.137 e. The van der Waals surface area contributed by atoms with Gasteiger partial charge in [0, 0.05) is 38.3 Å². The maximum Gasteiger partial charge on any atom is 0.137 e. The Morgan fingerprint density at radius 2 is 0.964 bits per heavy atom. The highest BCUT2D eigenvalue weighted by Gasteiger charge is 2.26. The average molecular weight is 699 g/mol. The van der Waals surface area contributed by atoms with Gasteiger partial charge in [-0.2, -0.15) is 0 Å². The Morgan fingerprint density at radius 1 is 0.327 bits per heavy atom. The molecule has 12 aromatic rings. The van der Waals surface area contributed by atoms with Crippen molar-refractivity contribution in [1.29, 1.82) is 0 Å². The number of furan rings is 1. The number of nitrogens with zero attached hydrogens (tertiary/aromatic N) is 2. The van der Waals surface area contributed by atoms with E-state index >= 15 is 0 Å². The first-order valence-corrected chi connectivity index (χ1v) is 18.9. The number of benzene rings is 9. The Labute approximate surface area is 315 Å². The van der Waals surface area contributed by atoms with Gasteiger partial charge in [-0.3, -0.25) is 0 Å². The van der Waals surface area contributed by atoms with Crippen LogP contribution in [0.2, 0.25) is 0 Å². The van der Waals surface area contributed by atoms with E-state index < -0.39 is 0 Å². The van der Waals surface area contributed by atoms with Crippen LogP contribution in [-0.2, 0) is 0 Å². The molecule has 0 saturated heterocycles. The first-order valence-electron chi connectivity index (χ1n) is 18.9. The highest BCUT2D eigenvalue weighted by atomic mass is 16.3. The van der Waals surface area contributed by atoms with E-state index in [4.69, 9.17) is 4.42 Å². The van der Waals surface area contributed by atoms with Gasteiger partial charge in [0.05, 0.1) is 27.5 Å². The largest absolute Gasteiger partial charge is 0.456 e. The van der Waals surface area contributed by atoms with Crippen LogP contribution in [0.1, 0.15) is 0 Å². The first kappa shape index (κ1) is 29.1. The normalized spacial score (nSPS) is 12.4. The third-order valence-corrected chi connectivity index (χ3v) is 12.0. The molecule has 0 amide bonds. The Bertz CT molecular complexity index is 3580. The van der Waals surface area contributed by atoms with Crippen LogP contribution in [0.25, 0.3) is 121 Å². The Balaban J connectivity index is 1.22. The fourth-order valence-electron chi connectivity index (χ4n) is 9.73. The lowest BCUT2D eigenvalue weighted by Crippen LogP contribution is -1.99. The lowest BCUT2D eigenvalue weighted by Gasteiger charge is -2.15. The predicted molar refractivity (Wildman–Crippen MR) is 230 cm³/mol. The van der Waals surface area contributed by atoms with Gasteiger partial charge in [0.1, 0.15) is 11.2 Å². The number of hydrogen-bond donors (Lipinski definition) is 0. The van der Waals surface area contributed by atoms with Crippen LogP contribution in [0.3, 0.4) is 0 Å². The van der Waals surface area contributed by atoms with Crippen molar-refractivity contribution in [3.63, 3.8) is 0 Å². The summed E-state index contributed by atoms with van der Waals surface area (Å²) >= 11 is 0. The molecule has 3 heteroatoms. The molecular weight excluding hydrogens is 669 g/mol. The van der Waals surface area contributed by atoms with E-state index in [9.17, 15) is 0 Å². The van der Waals surface area contributed by atoms with Crippen molar-refractivity contribution in [2.24, 2.45) is 0 Å². The summed E-state index contributed by atoms with van der Waals surface area (Å²) in [7, 11) is 0. The van der Waals surface area contributed by atoms with Crippen LogP contribution in [0, 0.1) is 0 Å². The van der Waals surface area contributed by atoms with Gasteiger partial charge < -0.3 is 13.6 Å². The van der Waals surface area contributed by atoms with Crippen molar-refractivity contribution in [2.75, 3.05) is 0 Å². The molecule has 1 aliphatic rings. The van der Waals surface area contributed by atoms with Crippen LogP contribution >= 0.6 is 0 Å². The van der Waals surface area contributed by atoms with Gasteiger partial charge in [0.25, 0.3) is 0 Å². The standard InChI is InChI=1S/C52H30N2O/c1-2-11-31(12-3-1)32-21-23-34(24-22-32)54-50-41(27-28-47-49(50)43-17-7-9-20-46(43)55-47)42-26-25-40-38-16-6-8-19-45(38)53(51(40)52(42)54)35-29-33-13-10-18-39-36-14-4-5-15-37(36)44(30-35)48(33)39/h1-30H. The number of para-hydroxylation sites is 2. The van der Waals surface area contributed by atoms with Crippen molar-refractivity contribution in [2.45, 2.75) is 0 Å². The molecule has 3 nitrogen and oxygen atoms in total. The fraction of sp³-hybridized carbons (Fsp3) is 0. The topological polar surface area (TPSA) is 23.0 Å². The van der Waals surface area contributed by atoms with Crippen molar-refractivity contribution in [3.8, 4) is 44.8 Å². The Morgan fingerprint density at radius 3 is 1.82 bits per heavy atom. The summed E-state index contributed by atoms with van der Waals surface area (Å²) in [5, 5.41) is 9.72. The minimum absolute atomic E-state index is 0.891. The summed E-state index contributed by atoms with van der Waals surface area (Å²) in [5.41, 5.74) is 16.4. The summed E-state index contributed by atoms with van der Waals surface area (Å²) < 4.78 is 11.6. The Kier molecular flexibility index (Phi) is 5.63. The summed E-state index contributed by atoms with van der Waals surface area (Å²) in [5.74, 6) is 0. The third-order valence-electron chi connectivity index (χ3n) is 12.0. The van der Waals surface area contributed by atoms with Crippen molar-refractivity contribution >= 4 is 76.3 Å². The lowest BCUT2D eigenvalue weighted by atomic mass is 10.0. The van der Waals surface area contributed by atoms with E-state index in [0.717, 1.165) is 38.8 Å². The lowest BCUT2D eigenvalue weighted by molar-refractivity contribution is 0.669. The van der Waals surface area contributed by atoms with Gasteiger partial charge in [-0.15, -0.1) is 0 Å². The molecule has 0 radical (unpaired) electrons. The zero-order valence-electron chi connectivity index (χ0n) is 29.6. The molecule has 254 valence electrons. The molecule has 13 rings (SSSR count). The molecule has 0 aliphatic heterocycles. The maximum atomic E-state index is 6.53. The molecule has 9 aromatic carbocycles. The molecule has 0 spiro atoms. The van der Waals surface area contributed by atoms with E-state index in [1.54, 1.807) is 0 Å². The predicted octanol–water partition coefficient (Wildman–Crippen LogP) is 14.2.